The molecule has 0 aliphatic carbocycles. The second-order valence-electron chi connectivity index (χ2n) is 3.95. The lowest BCUT2D eigenvalue weighted by molar-refractivity contribution is 0.459. The summed E-state index contributed by atoms with van der Waals surface area (Å²) in [7, 11) is 0. The average Bonchev–Trinajstić information content (AvgIpc) is 2.39. The molecule has 0 amide bonds. The van der Waals surface area contributed by atoms with Crippen LogP contribution < -0.4 is 10.1 Å². The highest BCUT2D eigenvalue weighted by Crippen LogP contribution is 2.24. The topological polar surface area (TPSA) is 47.0 Å². The van der Waals surface area contributed by atoms with Crippen molar-refractivity contribution in [2.24, 2.45) is 0 Å². The second kappa shape index (κ2) is 6.52. The highest BCUT2D eigenvalue weighted by atomic mass is 79.9. The molecule has 0 radical (unpaired) electrons. The third-order valence-corrected chi connectivity index (χ3v) is 2.93. The fourth-order valence-electron chi connectivity index (χ4n) is 1.61. The quantitative estimate of drug-likeness (QED) is 0.903. The van der Waals surface area contributed by atoms with Gasteiger partial charge in [0.2, 0.25) is 5.88 Å². The standard InChI is InChI=1S/C14H16BrN3O/c1-3-12-17-13(16-4-2)9-14(18-12)19-11-7-5-6-10(15)8-11/h5-9H,3-4H2,1-2H3,(H,16,17,18). The minimum atomic E-state index is 0.556. The van der Waals surface area contributed by atoms with Gasteiger partial charge in [0.1, 0.15) is 17.4 Å². The number of nitrogens with zero attached hydrogens (tertiary/aromatic N) is 2. The average molecular weight is 322 g/mol. The third-order valence-electron chi connectivity index (χ3n) is 2.44. The molecule has 5 heteroatoms. The molecule has 19 heavy (non-hydrogen) atoms. The van der Waals surface area contributed by atoms with E-state index >= 15 is 0 Å². The summed E-state index contributed by atoms with van der Waals surface area (Å²) in [6, 6.07) is 9.48. The lowest BCUT2D eigenvalue weighted by Gasteiger charge is -2.09. The first-order valence-electron chi connectivity index (χ1n) is 6.26. The summed E-state index contributed by atoms with van der Waals surface area (Å²) in [6.45, 7) is 4.87. The van der Waals surface area contributed by atoms with Crippen molar-refractivity contribution in [2.45, 2.75) is 20.3 Å². The number of aryl methyl sites for hydroxylation is 1. The predicted octanol–water partition coefficient (Wildman–Crippen LogP) is 4.03. The van der Waals surface area contributed by atoms with Crippen molar-refractivity contribution in [3.63, 3.8) is 0 Å². The predicted molar refractivity (Wildman–Crippen MR) is 79.8 cm³/mol. The van der Waals surface area contributed by atoms with Crippen LogP contribution in [0.5, 0.6) is 11.6 Å². The molecule has 1 aromatic carbocycles. The molecule has 0 aliphatic heterocycles. The lowest BCUT2D eigenvalue weighted by atomic mass is 10.3. The van der Waals surface area contributed by atoms with Crippen molar-refractivity contribution in [2.75, 3.05) is 11.9 Å². The molecule has 0 spiro atoms. The number of hydrogen-bond acceptors (Lipinski definition) is 4. The van der Waals surface area contributed by atoms with Crippen LogP contribution in [0.2, 0.25) is 0 Å². The first-order chi connectivity index (χ1) is 9.21. The summed E-state index contributed by atoms with van der Waals surface area (Å²) in [4.78, 5) is 8.76. The molecule has 1 aromatic heterocycles. The minimum Gasteiger partial charge on any atom is -0.439 e. The van der Waals surface area contributed by atoms with Gasteiger partial charge in [-0.05, 0) is 25.1 Å². The zero-order valence-corrected chi connectivity index (χ0v) is 12.6. The summed E-state index contributed by atoms with van der Waals surface area (Å²) in [5, 5.41) is 3.18. The summed E-state index contributed by atoms with van der Waals surface area (Å²) >= 11 is 3.42. The molecule has 0 aliphatic rings. The molecule has 0 saturated carbocycles. The molecule has 100 valence electrons. The molecule has 0 atom stereocenters. The normalized spacial score (nSPS) is 10.3. The fourth-order valence-corrected chi connectivity index (χ4v) is 1.98. The number of benzene rings is 1. The summed E-state index contributed by atoms with van der Waals surface area (Å²) in [6.07, 6.45) is 0.772. The van der Waals surface area contributed by atoms with Crippen molar-refractivity contribution in [1.29, 1.82) is 0 Å². The van der Waals surface area contributed by atoms with Crippen LogP contribution in [0.1, 0.15) is 19.7 Å². The molecule has 1 N–H and O–H groups in total. The highest BCUT2D eigenvalue weighted by molar-refractivity contribution is 9.10. The molecule has 1 heterocycles. The minimum absolute atomic E-state index is 0.556. The van der Waals surface area contributed by atoms with E-state index in [9.17, 15) is 0 Å². The van der Waals surface area contributed by atoms with E-state index in [0.717, 1.165) is 34.8 Å². The molecule has 4 nitrogen and oxygen atoms in total. The van der Waals surface area contributed by atoms with Gasteiger partial charge in [-0.2, -0.15) is 4.98 Å². The van der Waals surface area contributed by atoms with Gasteiger partial charge in [-0.3, -0.25) is 0 Å². The van der Waals surface area contributed by atoms with Crippen LogP contribution in [0.4, 0.5) is 5.82 Å². The number of ether oxygens (including phenoxy) is 1. The molecule has 2 rings (SSSR count). The van der Waals surface area contributed by atoms with Crippen molar-refractivity contribution in [3.8, 4) is 11.6 Å². The molecule has 0 unspecified atom stereocenters. The van der Waals surface area contributed by atoms with Crippen LogP contribution in [-0.4, -0.2) is 16.5 Å². The van der Waals surface area contributed by atoms with E-state index in [2.05, 4.69) is 31.2 Å². The largest absolute Gasteiger partial charge is 0.439 e. The van der Waals surface area contributed by atoms with Crippen LogP contribution in [-0.2, 0) is 6.42 Å². The number of aromatic nitrogens is 2. The summed E-state index contributed by atoms with van der Waals surface area (Å²) in [5.41, 5.74) is 0. The Bertz CT molecular complexity index is 560. The molecule has 0 saturated heterocycles. The van der Waals surface area contributed by atoms with Crippen molar-refractivity contribution in [1.82, 2.24) is 9.97 Å². The molecule has 0 fully saturated rings. The monoisotopic (exact) mass is 321 g/mol. The van der Waals surface area contributed by atoms with Gasteiger partial charge in [0.25, 0.3) is 0 Å². The Labute approximate surface area is 121 Å². The molecule has 0 bridgehead atoms. The fraction of sp³-hybridized carbons (Fsp3) is 0.286. The van der Waals surface area contributed by atoms with Crippen LogP contribution in [0, 0.1) is 0 Å². The Hall–Kier alpha value is -1.62. The van der Waals surface area contributed by atoms with Gasteiger partial charge in [0.05, 0.1) is 0 Å². The first kappa shape index (κ1) is 13.8. The van der Waals surface area contributed by atoms with E-state index in [1.165, 1.54) is 0 Å². The molecule has 2 aromatic rings. The van der Waals surface area contributed by atoms with Gasteiger partial charge in [0.15, 0.2) is 0 Å². The van der Waals surface area contributed by atoms with Gasteiger partial charge in [0, 0.05) is 23.5 Å². The van der Waals surface area contributed by atoms with Crippen LogP contribution in [0.15, 0.2) is 34.8 Å². The number of hydrogen-bond donors (Lipinski definition) is 1. The van der Waals surface area contributed by atoms with Gasteiger partial charge >= 0.3 is 0 Å². The maximum absolute atomic E-state index is 5.77. The van der Waals surface area contributed by atoms with Crippen LogP contribution in [0.3, 0.4) is 0 Å². The van der Waals surface area contributed by atoms with Crippen molar-refractivity contribution >= 4 is 21.7 Å². The Balaban J connectivity index is 2.26. The van der Waals surface area contributed by atoms with Gasteiger partial charge in [-0.1, -0.05) is 28.9 Å². The van der Waals surface area contributed by atoms with Gasteiger partial charge in [-0.25, -0.2) is 4.98 Å². The Morgan fingerprint density at radius 2 is 2.05 bits per heavy atom. The third kappa shape index (κ3) is 3.92. The van der Waals surface area contributed by atoms with E-state index in [-0.39, 0.29) is 0 Å². The zero-order chi connectivity index (χ0) is 13.7. The Morgan fingerprint density at radius 3 is 2.74 bits per heavy atom. The van der Waals surface area contributed by atoms with E-state index < -0.39 is 0 Å². The lowest BCUT2D eigenvalue weighted by Crippen LogP contribution is -2.04. The maximum Gasteiger partial charge on any atom is 0.224 e. The van der Waals surface area contributed by atoms with Crippen LogP contribution in [0.25, 0.3) is 0 Å². The van der Waals surface area contributed by atoms with Gasteiger partial charge < -0.3 is 10.1 Å². The number of halogens is 1. The summed E-state index contributed by atoms with van der Waals surface area (Å²) in [5.74, 6) is 2.86. The Kier molecular flexibility index (Phi) is 4.74. The second-order valence-corrected chi connectivity index (χ2v) is 4.87. The molecular formula is C14H16BrN3O. The van der Waals surface area contributed by atoms with E-state index in [1.54, 1.807) is 0 Å². The van der Waals surface area contributed by atoms with Gasteiger partial charge in [-0.15, -0.1) is 0 Å². The maximum atomic E-state index is 5.77. The van der Waals surface area contributed by atoms with Crippen molar-refractivity contribution in [3.05, 3.63) is 40.6 Å². The first-order valence-corrected chi connectivity index (χ1v) is 7.05. The smallest absolute Gasteiger partial charge is 0.224 e. The van der Waals surface area contributed by atoms with Crippen molar-refractivity contribution < 1.29 is 4.74 Å². The van der Waals surface area contributed by atoms with Crippen LogP contribution >= 0.6 is 15.9 Å². The Morgan fingerprint density at radius 1 is 1.21 bits per heavy atom. The van der Waals surface area contributed by atoms with E-state index in [0.29, 0.717) is 5.88 Å². The van der Waals surface area contributed by atoms with E-state index in [1.807, 2.05) is 44.2 Å². The number of anilines is 1. The number of nitrogens with one attached hydrogen (secondary N) is 1. The SMILES string of the molecule is CCNc1cc(Oc2cccc(Br)c2)nc(CC)n1. The highest BCUT2D eigenvalue weighted by Gasteiger charge is 2.05. The summed E-state index contributed by atoms with van der Waals surface area (Å²) < 4.78 is 6.74. The zero-order valence-electron chi connectivity index (χ0n) is 11.0. The van der Waals surface area contributed by atoms with E-state index in [4.69, 9.17) is 4.74 Å². The molecular weight excluding hydrogens is 306 g/mol. The number of rotatable bonds is 5.